The number of fused-ring (bicyclic) bond motifs is 1. The first-order chi connectivity index (χ1) is 17.5. The molecule has 0 saturated heterocycles. The van der Waals surface area contributed by atoms with Gasteiger partial charge in [-0.3, -0.25) is 14.4 Å². The Morgan fingerprint density at radius 2 is 2.00 bits per heavy atom. The summed E-state index contributed by atoms with van der Waals surface area (Å²) in [4.78, 5) is 44.5. The Morgan fingerprint density at radius 3 is 2.65 bits per heavy atom. The van der Waals surface area contributed by atoms with Crippen molar-refractivity contribution in [1.82, 2.24) is 25.4 Å². The van der Waals surface area contributed by atoms with Gasteiger partial charge in [-0.15, -0.1) is 21.5 Å². The molecule has 2 aromatic heterocycles. The van der Waals surface area contributed by atoms with E-state index >= 15 is 0 Å². The minimum Gasteiger partial charge on any atom is -0.364 e. The molecule has 14 heteroatoms. The number of anilines is 1. The van der Waals surface area contributed by atoms with E-state index in [0.29, 0.717) is 41.7 Å². The highest BCUT2D eigenvalue weighted by atomic mass is 35.5. The fourth-order valence-electron chi connectivity index (χ4n) is 5.24. The van der Waals surface area contributed by atoms with Crippen molar-refractivity contribution in [1.29, 1.82) is 0 Å². The van der Waals surface area contributed by atoms with Crippen molar-refractivity contribution in [2.45, 2.75) is 44.3 Å². The Kier molecular flexibility index (Phi) is 8.07. The maximum atomic E-state index is 12.9. The van der Waals surface area contributed by atoms with Crippen LogP contribution in [-0.4, -0.2) is 87.0 Å². The number of hydrogen-bond acceptors (Lipinski definition) is 8. The zero-order valence-electron chi connectivity index (χ0n) is 20.9. The number of quaternary nitrogens is 1. The second-order valence-electron chi connectivity index (χ2n) is 9.95. The van der Waals surface area contributed by atoms with Crippen molar-refractivity contribution in [2.75, 3.05) is 33.0 Å². The smallest absolute Gasteiger partial charge is 0.284 e. The summed E-state index contributed by atoms with van der Waals surface area (Å²) in [5.41, 5.74) is 6.38. The summed E-state index contributed by atoms with van der Waals surface area (Å²) >= 11 is 12.6. The topological polar surface area (TPSA) is 143 Å². The Bertz CT molecular complexity index is 1220. The van der Waals surface area contributed by atoms with Crippen molar-refractivity contribution in [3.05, 3.63) is 32.9 Å². The fraction of sp³-hybridized carbons (Fsp3) is 0.522. The molecule has 37 heavy (non-hydrogen) atoms. The number of rotatable bonds is 5. The highest BCUT2D eigenvalue weighted by Gasteiger charge is 2.47. The molecule has 2 aromatic rings. The van der Waals surface area contributed by atoms with Crippen LogP contribution in [0, 0.1) is 5.92 Å². The van der Waals surface area contributed by atoms with Gasteiger partial charge in [0, 0.05) is 32.9 Å². The van der Waals surface area contributed by atoms with Crippen molar-refractivity contribution in [2.24, 2.45) is 11.7 Å². The van der Waals surface area contributed by atoms with Crippen LogP contribution in [0.3, 0.4) is 0 Å². The largest absolute Gasteiger partial charge is 0.364 e. The number of nitrogens with one attached hydrogen (secondary N) is 2. The molecule has 4 rings (SSSR count). The van der Waals surface area contributed by atoms with Gasteiger partial charge in [-0.1, -0.05) is 23.8 Å². The van der Waals surface area contributed by atoms with Gasteiger partial charge in [0.05, 0.1) is 30.2 Å². The first kappa shape index (κ1) is 27.3. The number of carbonyl (C=O) groups excluding carboxylic acids is 3. The lowest BCUT2D eigenvalue weighted by molar-refractivity contribution is -0.950. The molecular weight excluding hydrogens is 536 g/mol. The van der Waals surface area contributed by atoms with E-state index in [9.17, 15) is 14.4 Å². The molecule has 3 amide bonds. The summed E-state index contributed by atoms with van der Waals surface area (Å²) in [5.74, 6) is -0.793. The lowest BCUT2D eigenvalue weighted by Gasteiger charge is -2.50. The van der Waals surface area contributed by atoms with Crippen molar-refractivity contribution in [3.63, 3.8) is 0 Å². The van der Waals surface area contributed by atoms with Crippen LogP contribution in [0.4, 0.5) is 5.82 Å². The molecule has 1 aliphatic heterocycles. The predicted molar refractivity (Wildman–Crippen MR) is 144 cm³/mol. The van der Waals surface area contributed by atoms with Crippen LogP contribution < -0.4 is 16.4 Å². The van der Waals surface area contributed by atoms with E-state index < -0.39 is 11.8 Å². The van der Waals surface area contributed by atoms with Crippen LogP contribution in [0.2, 0.25) is 5.15 Å². The molecule has 0 bridgehead atoms. The molecule has 198 valence electrons. The number of thiazole rings is 1. The van der Waals surface area contributed by atoms with Crippen molar-refractivity contribution >= 4 is 63.7 Å². The third-order valence-electron chi connectivity index (χ3n) is 7.16. The quantitative estimate of drug-likeness (QED) is 0.364. The van der Waals surface area contributed by atoms with Crippen LogP contribution >= 0.6 is 35.2 Å². The number of thiocarbonyl (C=S) groups is 1. The molecule has 0 radical (unpaired) electrons. The minimum absolute atomic E-state index is 0.00370. The van der Waals surface area contributed by atoms with Gasteiger partial charge in [0.1, 0.15) is 12.6 Å². The molecule has 1 saturated carbocycles. The van der Waals surface area contributed by atoms with E-state index in [1.54, 1.807) is 25.1 Å². The van der Waals surface area contributed by atoms with Crippen LogP contribution in [0.1, 0.15) is 39.6 Å². The fourth-order valence-corrected chi connectivity index (χ4v) is 6.66. The van der Waals surface area contributed by atoms with Gasteiger partial charge < -0.3 is 25.8 Å². The van der Waals surface area contributed by atoms with E-state index in [-0.39, 0.29) is 39.9 Å². The number of hydrogen-bond donors (Lipinski definition) is 3. The lowest BCUT2D eigenvalue weighted by Crippen LogP contribution is -2.65. The SMILES string of the molecule is CN(C)C(=O)[C@H]1CC[C@H](NC(=S)C(=O)Nc2ccc(Cl)nn2)[C@H]([N+]2(C)CCc3nc(C(N)=O)sc3C2)C1. The number of nitrogens with two attached hydrogens (primary N) is 1. The van der Waals surface area contributed by atoms with Gasteiger partial charge in [0.25, 0.3) is 11.8 Å². The third kappa shape index (κ3) is 6.06. The predicted octanol–water partition coefficient (Wildman–Crippen LogP) is 1.37. The van der Waals surface area contributed by atoms with Crippen LogP contribution in [0.25, 0.3) is 0 Å². The Hall–Kier alpha value is -2.74. The lowest BCUT2D eigenvalue weighted by atomic mass is 9.79. The van der Waals surface area contributed by atoms with E-state index in [0.717, 1.165) is 17.1 Å². The summed E-state index contributed by atoms with van der Waals surface area (Å²) in [6, 6.07) is 2.94. The molecule has 4 N–H and O–H groups in total. The van der Waals surface area contributed by atoms with E-state index in [4.69, 9.17) is 29.6 Å². The normalized spacial score (nSPS) is 25.0. The number of amides is 3. The summed E-state index contributed by atoms with van der Waals surface area (Å²) in [6.07, 6.45) is 2.72. The second kappa shape index (κ2) is 10.9. The highest BCUT2D eigenvalue weighted by molar-refractivity contribution is 7.82. The zero-order chi connectivity index (χ0) is 26.9. The van der Waals surface area contributed by atoms with Gasteiger partial charge in [-0.05, 0) is 25.0 Å². The highest BCUT2D eigenvalue weighted by Crippen LogP contribution is 2.37. The number of likely N-dealkylation sites (N-methyl/N-ethyl adjacent to an activating group) is 1. The van der Waals surface area contributed by atoms with Crippen LogP contribution in [0.5, 0.6) is 0 Å². The van der Waals surface area contributed by atoms with Crippen molar-refractivity contribution < 1.29 is 18.9 Å². The second-order valence-corrected chi connectivity index (χ2v) is 11.8. The monoisotopic (exact) mass is 565 g/mol. The maximum absolute atomic E-state index is 12.9. The van der Waals surface area contributed by atoms with Gasteiger partial charge >= 0.3 is 0 Å². The first-order valence-corrected chi connectivity index (χ1v) is 13.5. The van der Waals surface area contributed by atoms with E-state index in [1.807, 2.05) is 0 Å². The van der Waals surface area contributed by atoms with Gasteiger partial charge in [0.15, 0.2) is 21.0 Å². The molecule has 1 unspecified atom stereocenters. The Balaban J connectivity index is 1.54. The minimum atomic E-state index is -0.524. The number of aromatic nitrogens is 3. The number of primary amides is 1. The molecule has 2 aliphatic rings. The van der Waals surface area contributed by atoms with E-state index in [2.05, 4.69) is 32.9 Å². The Morgan fingerprint density at radius 1 is 1.24 bits per heavy atom. The summed E-state index contributed by atoms with van der Waals surface area (Å²) < 4.78 is 0.634. The average molecular weight is 566 g/mol. The van der Waals surface area contributed by atoms with Gasteiger partial charge in [-0.25, -0.2) is 4.98 Å². The van der Waals surface area contributed by atoms with E-state index in [1.165, 1.54) is 17.4 Å². The molecule has 3 heterocycles. The molecule has 1 aliphatic carbocycles. The molecule has 11 nitrogen and oxygen atoms in total. The number of halogens is 1. The molecule has 4 atom stereocenters. The summed E-state index contributed by atoms with van der Waals surface area (Å²) in [5, 5.41) is 14.0. The standard InChI is InChI=1S/C23H29ClN8O3S2/c1-31(2)23(35)12-4-5-13(26-21(36)20(34)28-18-7-6-17(24)29-30-18)15(10-12)32(3)9-8-14-16(11-32)37-22(27-14)19(25)33/h6-7,12-13,15H,4-5,8-11H2,1-3H3,(H3-,25,26,28,30,33,34,36)/p+1/t12-,13-,15+,32?/m0/s1. The first-order valence-electron chi connectivity index (χ1n) is 11.9. The zero-order valence-corrected chi connectivity index (χ0v) is 23.3. The third-order valence-corrected chi connectivity index (χ3v) is 8.76. The maximum Gasteiger partial charge on any atom is 0.284 e. The number of carbonyl (C=O) groups is 3. The Labute approximate surface area is 229 Å². The van der Waals surface area contributed by atoms with Crippen molar-refractivity contribution in [3.8, 4) is 0 Å². The average Bonchev–Trinajstić information content (AvgIpc) is 3.28. The van der Waals surface area contributed by atoms with Crippen LogP contribution in [-0.2, 0) is 22.6 Å². The summed E-state index contributed by atoms with van der Waals surface area (Å²) in [6.45, 7) is 1.44. The molecular formula is C23H30ClN8O3S2+. The van der Waals surface area contributed by atoms with Gasteiger partial charge in [0.2, 0.25) is 5.91 Å². The summed E-state index contributed by atoms with van der Waals surface area (Å²) in [7, 11) is 5.70. The molecule has 0 spiro atoms. The molecule has 0 aromatic carbocycles. The molecule has 1 fully saturated rings. The number of nitrogens with zero attached hydrogens (tertiary/aromatic N) is 5. The van der Waals surface area contributed by atoms with Gasteiger partial charge in [-0.2, -0.15) is 0 Å². The van der Waals surface area contributed by atoms with Crippen LogP contribution in [0.15, 0.2) is 12.1 Å².